The molecule has 0 radical (unpaired) electrons. The summed E-state index contributed by atoms with van der Waals surface area (Å²) in [7, 11) is -4.70. The number of hydrogen-bond donors (Lipinski definition) is 1. The van der Waals surface area contributed by atoms with Gasteiger partial charge in [-0.05, 0) is 48.9 Å². The number of nitrogens with zero attached hydrogens (tertiary/aromatic N) is 2. The number of likely N-dealkylation sites (N-methyl/N-ethyl adjacent to an activating group) is 1. The van der Waals surface area contributed by atoms with E-state index in [0.717, 1.165) is 11.0 Å². The third-order valence-electron chi connectivity index (χ3n) is 7.07. The number of halogens is 5. The van der Waals surface area contributed by atoms with Gasteiger partial charge in [0.15, 0.2) is 0 Å². The Hall–Kier alpha value is -4.42. The fourth-order valence-electron chi connectivity index (χ4n) is 4.77. The van der Waals surface area contributed by atoms with E-state index in [2.05, 4.69) is 5.32 Å². The molecule has 2 amide bonds. The molecule has 1 atom stereocenters. The van der Waals surface area contributed by atoms with E-state index in [0.29, 0.717) is 22.0 Å². The summed E-state index contributed by atoms with van der Waals surface area (Å²) in [5.74, 6) is -2.25. The first-order valence-electron chi connectivity index (χ1n) is 14.1. The third kappa shape index (κ3) is 8.24. The fourth-order valence-corrected chi connectivity index (χ4v) is 6.48. The van der Waals surface area contributed by atoms with Crippen LogP contribution in [0.1, 0.15) is 23.6 Å². The van der Waals surface area contributed by atoms with Gasteiger partial charge in [-0.3, -0.25) is 13.9 Å². The Morgan fingerprint density at radius 3 is 2.11 bits per heavy atom. The molecule has 0 unspecified atom stereocenters. The van der Waals surface area contributed by atoms with Gasteiger partial charge in [0.25, 0.3) is 10.0 Å². The molecule has 0 saturated heterocycles. The predicted molar refractivity (Wildman–Crippen MR) is 167 cm³/mol. The number of rotatable bonds is 12. The predicted octanol–water partition coefficient (Wildman–Crippen LogP) is 6.47. The number of anilines is 1. The Morgan fingerprint density at radius 1 is 0.891 bits per heavy atom. The van der Waals surface area contributed by atoms with Crippen LogP contribution in [0.25, 0.3) is 0 Å². The van der Waals surface area contributed by atoms with E-state index in [9.17, 15) is 35.6 Å². The Labute approximate surface area is 269 Å². The van der Waals surface area contributed by atoms with Crippen molar-refractivity contribution in [3.05, 3.63) is 131 Å². The van der Waals surface area contributed by atoms with Crippen LogP contribution >= 0.6 is 11.6 Å². The molecule has 13 heteroatoms. The molecule has 46 heavy (non-hydrogen) atoms. The lowest BCUT2D eigenvalue weighted by molar-refractivity contribution is -0.140. The average molecular weight is 676 g/mol. The van der Waals surface area contributed by atoms with Crippen LogP contribution in [-0.2, 0) is 38.8 Å². The summed E-state index contributed by atoms with van der Waals surface area (Å²) in [6.07, 6.45) is -4.88. The summed E-state index contributed by atoms with van der Waals surface area (Å²) >= 11 is 6.30. The van der Waals surface area contributed by atoms with Crippen LogP contribution in [-0.4, -0.2) is 44.3 Å². The Balaban J connectivity index is 1.87. The summed E-state index contributed by atoms with van der Waals surface area (Å²) in [6, 6.07) is 21.9. The zero-order chi connectivity index (χ0) is 33.5. The number of alkyl halides is 3. The van der Waals surface area contributed by atoms with Crippen LogP contribution in [0, 0.1) is 5.82 Å². The molecule has 0 spiro atoms. The van der Waals surface area contributed by atoms with Crippen LogP contribution in [0.2, 0.25) is 5.02 Å². The van der Waals surface area contributed by atoms with Gasteiger partial charge in [-0.25, -0.2) is 12.8 Å². The van der Waals surface area contributed by atoms with Gasteiger partial charge in [0.1, 0.15) is 18.4 Å². The highest BCUT2D eigenvalue weighted by atomic mass is 35.5. The minimum Gasteiger partial charge on any atom is -0.355 e. The zero-order valence-corrected chi connectivity index (χ0v) is 26.1. The fraction of sp³-hybridized carbons (Fsp3) is 0.212. The first-order chi connectivity index (χ1) is 21.8. The highest BCUT2D eigenvalue weighted by Gasteiger charge is 2.37. The van der Waals surface area contributed by atoms with E-state index >= 15 is 0 Å². The van der Waals surface area contributed by atoms with Gasteiger partial charge in [-0.1, -0.05) is 78.3 Å². The molecule has 1 N–H and O–H groups in total. The molecule has 0 heterocycles. The Morgan fingerprint density at radius 2 is 1.50 bits per heavy atom. The molecule has 0 aliphatic rings. The van der Waals surface area contributed by atoms with Gasteiger partial charge in [-0.2, -0.15) is 13.2 Å². The molecule has 7 nitrogen and oxygen atoms in total. The third-order valence-corrected chi connectivity index (χ3v) is 9.17. The van der Waals surface area contributed by atoms with Gasteiger partial charge >= 0.3 is 6.18 Å². The highest BCUT2D eigenvalue weighted by molar-refractivity contribution is 7.92. The monoisotopic (exact) mass is 675 g/mol. The van der Waals surface area contributed by atoms with Gasteiger partial charge in [-0.15, -0.1) is 0 Å². The van der Waals surface area contributed by atoms with Gasteiger partial charge in [0.2, 0.25) is 11.8 Å². The van der Waals surface area contributed by atoms with Crippen molar-refractivity contribution in [2.75, 3.05) is 17.4 Å². The van der Waals surface area contributed by atoms with Crippen molar-refractivity contribution < 1.29 is 35.6 Å². The minimum atomic E-state index is -4.86. The lowest BCUT2D eigenvalue weighted by Gasteiger charge is -2.34. The van der Waals surface area contributed by atoms with E-state index in [1.165, 1.54) is 48.5 Å². The van der Waals surface area contributed by atoms with E-state index in [1.54, 1.807) is 43.3 Å². The second-order valence-corrected chi connectivity index (χ2v) is 12.5. The largest absolute Gasteiger partial charge is 0.416 e. The highest BCUT2D eigenvalue weighted by Crippen LogP contribution is 2.37. The van der Waals surface area contributed by atoms with Crippen molar-refractivity contribution in [1.82, 2.24) is 10.2 Å². The maximum absolute atomic E-state index is 14.9. The molecule has 4 rings (SSSR count). The van der Waals surface area contributed by atoms with Crippen LogP contribution in [0.5, 0.6) is 0 Å². The SMILES string of the molecule is CCNC(=O)[C@@H](Cc1ccccc1)N(Cc1ccccc1F)C(=O)CN(c1cc(C(F)(F)F)ccc1Cl)S(=O)(=O)c1ccccc1. The first kappa shape index (κ1) is 34.5. The quantitative estimate of drug-likeness (QED) is 0.175. The van der Waals surface area contributed by atoms with Crippen LogP contribution in [0.15, 0.2) is 108 Å². The molecule has 0 bridgehead atoms. The lowest BCUT2D eigenvalue weighted by Crippen LogP contribution is -2.53. The lowest BCUT2D eigenvalue weighted by atomic mass is 10.0. The Bertz CT molecular complexity index is 1770. The van der Waals surface area contributed by atoms with E-state index in [1.807, 2.05) is 0 Å². The van der Waals surface area contributed by atoms with Crippen LogP contribution in [0.4, 0.5) is 23.2 Å². The van der Waals surface area contributed by atoms with Crippen molar-refractivity contribution >= 4 is 39.1 Å². The first-order valence-corrected chi connectivity index (χ1v) is 15.9. The van der Waals surface area contributed by atoms with Crippen molar-refractivity contribution in [1.29, 1.82) is 0 Å². The van der Waals surface area contributed by atoms with Crippen LogP contribution in [0.3, 0.4) is 0 Å². The number of amides is 2. The molecule has 0 saturated carbocycles. The summed E-state index contributed by atoms with van der Waals surface area (Å²) in [5.41, 5.74) is -1.11. The molecular formula is C33H30ClF4N3O4S. The zero-order valence-electron chi connectivity index (χ0n) is 24.5. The summed E-state index contributed by atoms with van der Waals surface area (Å²) in [5, 5.41) is 2.30. The molecule has 4 aromatic rings. The normalized spacial score (nSPS) is 12.3. The van der Waals surface area contributed by atoms with E-state index < -0.39 is 64.2 Å². The Kier molecular flexibility index (Phi) is 11.1. The van der Waals surface area contributed by atoms with E-state index in [4.69, 9.17) is 11.6 Å². The summed E-state index contributed by atoms with van der Waals surface area (Å²) in [6.45, 7) is 0.359. The molecule has 0 fully saturated rings. The number of benzene rings is 4. The van der Waals surface area contributed by atoms with E-state index in [-0.39, 0.29) is 28.4 Å². The van der Waals surface area contributed by atoms with Crippen molar-refractivity contribution in [2.45, 2.75) is 37.0 Å². The maximum Gasteiger partial charge on any atom is 0.416 e. The average Bonchev–Trinajstić information content (AvgIpc) is 3.03. The van der Waals surface area contributed by atoms with Gasteiger partial charge in [0.05, 0.1) is 21.2 Å². The smallest absolute Gasteiger partial charge is 0.355 e. The molecule has 242 valence electrons. The summed E-state index contributed by atoms with van der Waals surface area (Å²) < 4.78 is 84.7. The molecule has 0 aromatic heterocycles. The number of carbonyl (C=O) groups excluding carboxylic acids is 2. The van der Waals surface area contributed by atoms with Crippen LogP contribution < -0.4 is 9.62 Å². The van der Waals surface area contributed by atoms with Crippen molar-refractivity contribution in [2.24, 2.45) is 0 Å². The maximum atomic E-state index is 14.9. The standard InChI is InChI=1S/C33H30ClF4N3O4S/c1-2-39-32(43)30(19-23-11-5-3-6-12-23)40(21-24-13-9-10-16-28(24)35)31(42)22-41(46(44,45)26-14-7-4-8-15-26)29-20-25(33(36,37)38)17-18-27(29)34/h3-18,20,30H,2,19,21-22H2,1H3,(H,39,43)/t30-/m1/s1. The number of carbonyl (C=O) groups is 2. The topological polar surface area (TPSA) is 86.8 Å². The van der Waals surface area contributed by atoms with Crippen molar-refractivity contribution in [3.63, 3.8) is 0 Å². The molecule has 0 aliphatic carbocycles. The summed E-state index contributed by atoms with van der Waals surface area (Å²) in [4.78, 5) is 28.5. The van der Waals surface area contributed by atoms with Crippen molar-refractivity contribution in [3.8, 4) is 0 Å². The number of sulfonamides is 1. The molecule has 0 aliphatic heterocycles. The molecular weight excluding hydrogens is 646 g/mol. The number of hydrogen-bond acceptors (Lipinski definition) is 4. The minimum absolute atomic E-state index is 0.0252. The number of nitrogens with one attached hydrogen (secondary N) is 1. The second-order valence-electron chi connectivity index (χ2n) is 10.2. The van der Waals surface area contributed by atoms with Gasteiger partial charge in [0, 0.05) is 25.1 Å². The second kappa shape index (κ2) is 14.8. The molecule has 4 aromatic carbocycles. The van der Waals surface area contributed by atoms with Gasteiger partial charge < -0.3 is 10.2 Å².